The molecule has 3 aliphatic rings. The fraction of sp³-hybridized carbons (Fsp3) is 0.714. The standard InChI is InChI=1S/C28H40O9S2/c1-8-38-24-22(33-17(5)29)20(34-25(30)18-13-11-10-12-14-18)15(3)31-26(24)35-19-16(4)32-27(39-9-2)23-21(19)36-28(6,7)37-23/h10-16,19-24,26-27H,8-9H2,1-7H3/t15-,16-,19-,20-,21+,22+,23+,24-,26+,27-/m0/s1. The Balaban J connectivity index is 1.58. The highest BCUT2D eigenvalue weighted by atomic mass is 32.2. The molecule has 218 valence electrons. The number of rotatable bonds is 9. The highest BCUT2D eigenvalue weighted by molar-refractivity contribution is 8.00. The van der Waals surface area contributed by atoms with Gasteiger partial charge in [-0.1, -0.05) is 32.0 Å². The average Bonchev–Trinajstić information content (AvgIpc) is 3.21. The molecule has 0 spiro atoms. The minimum absolute atomic E-state index is 0.181. The van der Waals surface area contributed by atoms with Crippen molar-refractivity contribution in [3.05, 3.63) is 35.9 Å². The third-order valence-electron chi connectivity index (χ3n) is 6.83. The number of hydrogen-bond acceptors (Lipinski definition) is 11. The molecule has 0 N–H and O–H groups in total. The SMILES string of the molecule is CCS[C@@H]1[C@@H](O[C@@H]2[C@H]3OC(C)(C)O[C@H]3[C@H](SCC)O[C@H]2C)O[C@@H](C)[C@H](OC(=O)c2ccccc2)[C@H]1OC(C)=O. The lowest BCUT2D eigenvalue weighted by atomic mass is 9.99. The average molecular weight is 585 g/mol. The molecule has 0 aromatic heterocycles. The zero-order valence-electron chi connectivity index (χ0n) is 23.6. The summed E-state index contributed by atoms with van der Waals surface area (Å²) < 4.78 is 43.6. The lowest BCUT2D eigenvalue weighted by molar-refractivity contribution is -0.290. The second kappa shape index (κ2) is 13.1. The number of ether oxygens (including phenoxy) is 7. The van der Waals surface area contributed by atoms with Crippen LogP contribution in [0.1, 0.15) is 58.8 Å². The summed E-state index contributed by atoms with van der Waals surface area (Å²) in [6, 6.07) is 8.71. The van der Waals surface area contributed by atoms with Crippen molar-refractivity contribution in [2.24, 2.45) is 0 Å². The van der Waals surface area contributed by atoms with Crippen LogP contribution in [0.25, 0.3) is 0 Å². The molecule has 10 atom stereocenters. The van der Waals surface area contributed by atoms with E-state index in [0.717, 1.165) is 5.75 Å². The Hall–Kier alpha value is -1.34. The van der Waals surface area contributed by atoms with Gasteiger partial charge in [-0.2, -0.15) is 0 Å². The van der Waals surface area contributed by atoms with Crippen molar-refractivity contribution in [1.82, 2.24) is 0 Å². The molecule has 39 heavy (non-hydrogen) atoms. The van der Waals surface area contributed by atoms with Gasteiger partial charge in [-0.3, -0.25) is 4.79 Å². The second-order valence-electron chi connectivity index (χ2n) is 10.3. The van der Waals surface area contributed by atoms with E-state index in [9.17, 15) is 9.59 Å². The summed E-state index contributed by atoms with van der Waals surface area (Å²) in [4.78, 5) is 25.2. The largest absolute Gasteiger partial charge is 0.457 e. The number of carbonyl (C=O) groups excluding carboxylic acids is 2. The lowest BCUT2D eigenvalue weighted by Crippen LogP contribution is -2.62. The van der Waals surface area contributed by atoms with Gasteiger partial charge in [0, 0.05) is 6.92 Å². The van der Waals surface area contributed by atoms with Crippen LogP contribution in [0.4, 0.5) is 0 Å². The molecule has 3 fully saturated rings. The summed E-state index contributed by atoms with van der Waals surface area (Å²) in [7, 11) is 0. The molecule has 0 saturated carbocycles. The minimum Gasteiger partial charge on any atom is -0.457 e. The van der Waals surface area contributed by atoms with Gasteiger partial charge in [-0.05, 0) is 51.3 Å². The first kappa shape index (κ1) is 30.6. The number of carbonyl (C=O) groups is 2. The predicted octanol–water partition coefficient (Wildman–Crippen LogP) is 4.41. The van der Waals surface area contributed by atoms with E-state index < -0.39 is 53.7 Å². The molecular formula is C28H40O9S2. The van der Waals surface area contributed by atoms with E-state index in [-0.39, 0.29) is 23.7 Å². The Morgan fingerprint density at radius 2 is 1.51 bits per heavy atom. The van der Waals surface area contributed by atoms with Gasteiger partial charge in [-0.25, -0.2) is 4.79 Å². The number of esters is 2. The molecule has 0 unspecified atom stereocenters. The lowest BCUT2D eigenvalue weighted by Gasteiger charge is -2.47. The van der Waals surface area contributed by atoms with Gasteiger partial charge in [0.1, 0.15) is 23.7 Å². The van der Waals surface area contributed by atoms with E-state index in [1.807, 2.05) is 33.8 Å². The van der Waals surface area contributed by atoms with Gasteiger partial charge in [0.25, 0.3) is 0 Å². The van der Waals surface area contributed by atoms with Gasteiger partial charge >= 0.3 is 11.9 Å². The molecule has 4 rings (SSSR count). The smallest absolute Gasteiger partial charge is 0.338 e. The van der Waals surface area contributed by atoms with E-state index in [1.54, 1.807) is 43.0 Å². The van der Waals surface area contributed by atoms with Crippen molar-refractivity contribution in [2.75, 3.05) is 11.5 Å². The van der Waals surface area contributed by atoms with E-state index in [4.69, 9.17) is 33.2 Å². The maximum absolute atomic E-state index is 13.0. The van der Waals surface area contributed by atoms with Crippen LogP contribution < -0.4 is 0 Å². The Labute approximate surface area is 239 Å². The molecule has 3 heterocycles. The molecule has 3 saturated heterocycles. The first-order chi connectivity index (χ1) is 18.5. The van der Waals surface area contributed by atoms with Crippen molar-refractivity contribution < 1.29 is 42.7 Å². The number of benzene rings is 1. The molecule has 0 amide bonds. The maximum atomic E-state index is 13.0. The number of hydrogen-bond donors (Lipinski definition) is 0. The first-order valence-electron chi connectivity index (χ1n) is 13.5. The van der Waals surface area contributed by atoms with E-state index in [2.05, 4.69) is 6.92 Å². The van der Waals surface area contributed by atoms with Gasteiger partial charge < -0.3 is 33.2 Å². The van der Waals surface area contributed by atoms with Crippen molar-refractivity contribution >= 4 is 35.5 Å². The number of thioether (sulfide) groups is 2. The Kier molecular flexibility index (Phi) is 10.3. The van der Waals surface area contributed by atoms with Gasteiger partial charge in [-0.15, -0.1) is 23.5 Å². The van der Waals surface area contributed by atoms with Crippen LogP contribution in [0, 0.1) is 0 Å². The van der Waals surface area contributed by atoms with Crippen molar-refractivity contribution in [2.45, 2.75) is 114 Å². The van der Waals surface area contributed by atoms with Crippen LogP contribution in [-0.4, -0.2) is 88.9 Å². The molecular weight excluding hydrogens is 544 g/mol. The monoisotopic (exact) mass is 584 g/mol. The van der Waals surface area contributed by atoms with Gasteiger partial charge in [0.2, 0.25) is 0 Å². The Bertz CT molecular complexity index is 977. The van der Waals surface area contributed by atoms with Crippen molar-refractivity contribution in [1.29, 1.82) is 0 Å². The van der Waals surface area contributed by atoms with Crippen LogP contribution >= 0.6 is 23.5 Å². The molecule has 11 heteroatoms. The maximum Gasteiger partial charge on any atom is 0.338 e. The van der Waals surface area contributed by atoms with Crippen LogP contribution in [0.5, 0.6) is 0 Å². The topological polar surface area (TPSA) is 98.8 Å². The Morgan fingerprint density at radius 1 is 0.872 bits per heavy atom. The molecule has 0 bridgehead atoms. The highest BCUT2D eigenvalue weighted by Crippen LogP contribution is 2.43. The third-order valence-corrected chi connectivity index (χ3v) is 9.08. The number of fused-ring (bicyclic) bond motifs is 1. The molecule has 9 nitrogen and oxygen atoms in total. The Morgan fingerprint density at radius 3 is 2.15 bits per heavy atom. The van der Waals surface area contributed by atoms with Crippen LogP contribution in [0.2, 0.25) is 0 Å². The molecule has 0 radical (unpaired) electrons. The predicted molar refractivity (Wildman–Crippen MR) is 149 cm³/mol. The van der Waals surface area contributed by atoms with Crippen molar-refractivity contribution in [3.63, 3.8) is 0 Å². The fourth-order valence-electron chi connectivity index (χ4n) is 5.26. The van der Waals surface area contributed by atoms with Gasteiger partial charge in [0.15, 0.2) is 24.3 Å². The quantitative estimate of drug-likeness (QED) is 0.386. The van der Waals surface area contributed by atoms with E-state index in [0.29, 0.717) is 11.3 Å². The molecule has 1 aromatic carbocycles. The van der Waals surface area contributed by atoms with E-state index >= 15 is 0 Å². The molecule has 0 aliphatic carbocycles. The zero-order chi connectivity index (χ0) is 28.3. The highest BCUT2D eigenvalue weighted by Gasteiger charge is 2.57. The third kappa shape index (κ3) is 7.12. The summed E-state index contributed by atoms with van der Waals surface area (Å²) in [5.41, 5.74) is 0.225. The van der Waals surface area contributed by atoms with E-state index in [1.165, 1.54) is 18.7 Å². The summed E-state index contributed by atoms with van der Waals surface area (Å²) in [6.07, 6.45) is -4.49. The van der Waals surface area contributed by atoms with Crippen LogP contribution in [0.15, 0.2) is 30.3 Å². The zero-order valence-corrected chi connectivity index (χ0v) is 25.2. The van der Waals surface area contributed by atoms with Crippen LogP contribution in [0.3, 0.4) is 0 Å². The summed E-state index contributed by atoms with van der Waals surface area (Å²) in [5, 5.41) is -0.465. The molecule has 1 aromatic rings. The minimum atomic E-state index is -0.825. The fourth-order valence-corrected chi connectivity index (χ4v) is 7.31. The van der Waals surface area contributed by atoms with Gasteiger partial charge in [0.05, 0.1) is 23.0 Å². The second-order valence-corrected chi connectivity index (χ2v) is 13.1. The van der Waals surface area contributed by atoms with Crippen LogP contribution in [-0.2, 0) is 38.0 Å². The first-order valence-corrected chi connectivity index (χ1v) is 15.6. The molecule has 3 aliphatic heterocycles. The summed E-state index contributed by atoms with van der Waals surface area (Å²) in [6.45, 7) is 13.0. The summed E-state index contributed by atoms with van der Waals surface area (Å²) >= 11 is 3.20. The summed E-state index contributed by atoms with van der Waals surface area (Å²) in [5.74, 6) is -0.195. The van der Waals surface area contributed by atoms with Crippen molar-refractivity contribution in [3.8, 4) is 0 Å². The normalized spacial score (nSPS) is 37.6.